The summed E-state index contributed by atoms with van der Waals surface area (Å²) in [7, 11) is 0. The molecule has 5 nitrogen and oxygen atoms in total. The van der Waals surface area contributed by atoms with Crippen molar-refractivity contribution in [3.8, 4) is 5.75 Å². The number of phenols is 1. The van der Waals surface area contributed by atoms with Crippen LogP contribution in [0.15, 0.2) is 82.4 Å². The van der Waals surface area contributed by atoms with Crippen molar-refractivity contribution < 1.29 is 15.0 Å². The van der Waals surface area contributed by atoms with E-state index in [4.69, 9.17) is 0 Å². The molecule has 0 atom stereocenters. The van der Waals surface area contributed by atoms with E-state index >= 15 is 0 Å². The fourth-order valence-electron chi connectivity index (χ4n) is 2.69. The fourth-order valence-corrected chi connectivity index (χ4v) is 4.19. The highest BCUT2D eigenvalue weighted by atomic mass is 127. The Labute approximate surface area is 184 Å². The Balaban J connectivity index is 1.89. The van der Waals surface area contributed by atoms with Crippen LogP contribution in [0, 0.1) is 3.57 Å². The Morgan fingerprint density at radius 2 is 1.57 bits per heavy atom. The number of aromatic hydroxyl groups is 1. The molecule has 0 aliphatic rings. The number of aliphatic hydroxyl groups is 1. The zero-order valence-corrected chi connectivity index (χ0v) is 18.3. The topological polar surface area (TPSA) is 81.9 Å². The quantitative estimate of drug-likeness (QED) is 0.254. The second-order valence-electron chi connectivity index (χ2n) is 5.97. The fraction of sp³-hybridized carbons (Fsp3) is 0.0476. The largest absolute Gasteiger partial charge is 0.506 e. The number of carbonyl (C=O) groups is 1. The predicted octanol–water partition coefficient (Wildman–Crippen LogP) is 4.15. The highest BCUT2D eigenvalue weighted by Crippen LogP contribution is 2.31. The van der Waals surface area contributed by atoms with Gasteiger partial charge in [-0.15, -0.1) is 0 Å². The molecule has 0 aromatic heterocycles. The lowest BCUT2D eigenvalue weighted by Crippen LogP contribution is -2.43. The van der Waals surface area contributed by atoms with Gasteiger partial charge in [-0.3, -0.25) is 4.79 Å². The van der Waals surface area contributed by atoms with Gasteiger partial charge in [-0.25, -0.2) is 5.43 Å². The molecule has 1 amide bonds. The van der Waals surface area contributed by atoms with Gasteiger partial charge in [0.25, 0.3) is 5.91 Å². The van der Waals surface area contributed by atoms with Gasteiger partial charge >= 0.3 is 0 Å². The first kappa shape index (κ1) is 20.5. The lowest BCUT2D eigenvalue weighted by atomic mass is 9.85. The molecule has 0 heterocycles. The number of benzene rings is 3. The van der Waals surface area contributed by atoms with Gasteiger partial charge < -0.3 is 10.2 Å². The Morgan fingerprint density at radius 1 is 1.04 bits per heavy atom. The first-order valence-electron chi connectivity index (χ1n) is 8.28. The normalized spacial score (nSPS) is 11.5. The van der Waals surface area contributed by atoms with Crippen LogP contribution < -0.4 is 5.43 Å². The molecule has 0 saturated heterocycles. The molecule has 0 saturated carbocycles. The number of hydrogen-bond donors (Lipinski definition) is 3. The van der Waals surface area contributed by atoms with Crippen LogP contribution in [0.25, 0.3) is 0 Å². The smallest absolute Gasteiger partial charge is 0.281 e. The lowest BCUT2D eigenvalue weighted by Gasteiger charge is -2.27. The summed E-state index contributed by atoms with van der Waals surface area (Å²) in [5.74, 6) is -0.530. The number of carbonyl (C=O) groups excluding carboxylic acids is 1. The standard InChI is InChI=1S/C21H16BrIN2O3/c22-17-11-14(12-18(23)19(17)26)13-24-25-20(27)21(28,15-7-3-1-4-8-15)16-9-5-2-6-10-16/h1-13,26,28H,(H,25,27)/b24-13-. The Morgan fingerprint density at radius 3 is 2.07 bits per heavy atom. The van der Waals surface area contributed by atoms with E-state index in [9.17, 15) is 15.0 Å². The minimum atomic E-state index is -1.89. The van der Waals surface area contributed by atoms with E-state index in [1.165, 1.54) is 6.21 Å². The van der Waals surface area contributed by atoms with Crippen LogP contribution in [0.5, 0.6) is 5.75 Å². The summed E-state index contributed by atoms with van der Waals surface area (Å²) in [6.45, 7) is 0. The van der Waals surface area contributed by atoms with Crippen molar-refractivity contribution in [2.45, 2.75) is 5.60 Å². The van der Waals surface area contributed by atoms with Gasteiger partial charge in [0.2, 0.25) is 0 Å². The number of halogens is 2. The molecule has 7 heteroatoms. The molecule has 3 aromatic carbocycles. The predicted molar refractivity (Wildman–Crippen MR) is 120 cm³/mol. The van der Waals surface area contributed by atoms with Crippen LogP contribution in [0.3, 0.4) is 0 Å². The third-order valence-corrected chi connectivity index (χ3v) is 5.56. The Hall–Kier alpha value is -2.23. The van der Waals surface area contributed by atoms with E-state index in [-0.39, 0.29) is 5.75 Å². The number of amides is 1. The van der Waals surface area contributed by atoms with Crippen LogP contribution in [0.4, 0.5) is 0 Å². The molecule has 3 N–H and O–H groups in total. The number of nitrogens with zero attached hydrogens (tertiary/aromatic N) is 1. The van der Waals surface area contributed by atoms with Gasteiger partial charge in [0.05, 0.1) is 14.3 Å². The van der Waals surface area contributed by atoms with Gasteiger partial charge in [-0.2, -0.15) is 5.10 Å². The number of hydrazone groups is 1. The van der Waals surface area contributed by atoms with Crippen molar-refractivity contribution in [3.05, 3.63) is 97.5 Å². The van der Waals surface area contributed by atoms with Gasteiger partial charge in [-0.1, -0.05) is 60.7 Å². The van der Waals surface area contributed by atoms with E-state index in [1.54, 1.807) is 60.7 Å². The number of rotatable bonds is 5. The van der Waals surface area contributed by atoms with Crippen molar-refractivity contribution in [2.24, 2.45) is 5.10 Å². The van der Waals surface area contributed by atoms with Crippen molar-refractivity contribution in [1.82, 2.24) is 5.43 Å². The molecule has 0 radical (unpaired) electrons. The summed E-state index contributed by atoms with van der Waals surface area (Å²) in [6, 6.07) is 20.8. The van der Waals surface area contributed by atoms with Crippen LogP contribution in [0.2, 0.25) is 0 Å². The molecule has 142 valence electrons. The third kappa shape index (κ3) is 4.26. The van der Waals surface area contributed by atoms with E-state index in [1.807, 2.05) is 34.7 Å². The molecule has 0 spiro atoms. The van der Waals surface area contributed by atoms with Crippen molar-refractivity contribution in [3.63, 3.8) is 0 Å². The van der Waals surface area contributed by atoms with Crippen LogP contribution in [-0.4, -0.2) is 22.3 Å². The number of nitrogens with one attached hydrogen (secondary N) is 1. The number of phenolic OH excluding ortho intramolecular Hbond substituents is 1. The SMILES string of the molecule is O=C(N/N=C\c1cc(Br)c(O)c(I)c1)C(O)(c1ccccc1)c1ccccc1. The zero-order valence-electron chi connectivity index (χ0n) is 14.5. The first-order chi connectivity index (χ1) is 13.4. The molecule has 28 heavy (non-hydrogen) atoms. The second kappa shape index (κ2) is 8.85. The minimum absolute atomic E-state index is 0.143. The monoisotopic (exact) mass is 550 g/mol. The average Bonchev–Trinajstić information content (AvgIpc) is 2.72. The van der Waals surface area contributed by atoms with Gasteiger partial charge in [0.1, 0.15) is 5.75 Å². The summed E-state index contributed by atoms with van der Waals surface area (Å²) in [5, 5.41) is 25.1. The first-order valence-corrected chi connectivity index (χ1v) is 10.1. The van der Waals surface area contributed by atoms with Crippen LogP contribution in [-0.2, 0) is 10.4 Å². The van der Waals surface area contributed by atoms with Crippen molar-refractivity contribution in [2.75, 3.05) is 0 Å². The number of hydrogen-bond acceptors (Lipinski definition) is 4. The second-order valence-corrected chi connectivity index (χ2v) is 7.99. The van der Waals surface area contributed by atoms with E-state index in [0.717, 1.165) is 0 Å². The van der Waals surface area contributed by atoms with Gasteiger partial charge in [-0.05, 0) is 67.3 Å². The van der Waals surface area contributed by atoms with Crippen molar-refractivity contribution >= 4 is 50.6 Å². The highest BCUT2D eigenvalue weighted by Gasteiger charge is 2.39. The maximum absolute atomic E-state index is 12.9. The molecule has 3 aromatic rings. The maximum Gasteiger partial charge on any atom is 0.281 e. The van der Waals surface area contributed by atoms with Gasteiger partial charge in [0, 0.05) is 0 Å². The zero-order chi connectivity index (χ0) is 20.1. The molecular weight excluding hydrogens is 535 g/mol. The molecule has 0 aliphatic heterocycles. The summed E-state index contributed by atoms with van der Waals surface area (Å²) >= 11 is 5.27. The molecule has 0 bridgehead atoms. The molecule has 0 unspecified atom stereocenters. The molecular formula is C21H16BrIN2O3. The van der Waals surface area contributed by atoms with Crippen LogP contribution in [0.1, 0.15) is 16.7 Å². The van der Waals surface area contributed by atoms with E-state index in [0.29, 0.717) is 24.7 Å². The summed E-state index contributed by atoms with van der Waals surface area (Å²) in [5.41, 5.74) is 2.10. The summed E-state index contributed by atoms with van der Waals surface area (Å²) < 4.78 is 1.17. The lowest BCUT2D eigenvalue weighted by molar-refractivity contribution is -0.136. The Kier molecular flexibility index (Phi) is 6.48. The Bertz CT molecular complexity index is 948. The summed E-state index contributed by atoms with van der Waals surface area (Å²) in [4.78, 5) is 12.9. The summed E-state index contributed by atoms with van der Waals surface area (Å²) in [6.07, 6.45) is 1.45. The van der Waals surface area contributed by atoms with E-state index in [2.05, 4.69) is 26.5 Å². The third-order valence-electron chi connectivity index (χ3n) is 4.13. The molecule has 0 aliphatic carbocycles. The molecule has 0 fully saturated rings. The highest BCUT2D eigenvalue weighted by molar-refractivity contribution is 14.1. The van der Waals surface area contributed by atoms with Crippen LogP contribution >= 0.6 is 38.5 Å². The average molecular weight is 551 g/mol. The van der Waals surface area contributed by atoms with E-state index < -0.39 is 11.5 Å². The molecule has 3 rings (SSSR count). The minimum Gasteiger partial charge on any atom is -0.506 e. The van der Waals surface area contributed by atoms with Crippen molar-refractivity contribution in [1.29, 1.82) is 0 Å². The maximum atomic E-state index is 12.9. The van der Waals surface area contributed by atoms with Gasteiger partial charge in [0.15, 0.2) is 5.60 Å².